The van der Waals surface area contributed by atoms with Crippen molar-refractivity contribution in [3.63, 3.8) is 0 Å². The van der Waals surface area contributed by atoms with Crippen LogP contribution in [-0.4, -0.2) is 32.3 Å². The Kier molecular flexibility index (Phi) is 5.49. The van der Waals surface area contributed by atoms with E-state index in [-0.39, 0.29) is 36.7 Å². The fourth-order valence-corrected chi connectivity index (χ4v) is 4.62. The summed E-state index contributed by atoms with van der Waals surface area (Å²) in [5, 5.41) is 6.02. The number of sulfonamides is 1. The summed E-state index contributed by atoms with van der Waals surface area (Å²) in [4.78, 5) is 0.465. The van der Waals surface area contributed by atoms with Crippen LogP contribution in [0.4, 0.5) is 34.8 Å². The largest absolute Gasteiger partial charge is 0.381 e. The number of benzene rings is 2. The first kappa shape index (κ1) is 21.9. The number of halogens is 4. The Hall–Kier alpha value is -3.28. The molecule has 12 heteroatoms. The third-order valence-corrected chi connectivity index (χ3v) is 6.29. The summed E-state index contributed by atoms with van der Waals surface area (Å²) in [5.74, 6) is -3.52. The van der Waals surface area contributed by atoms with Crippen LogP contribution < -0.4 is 14.9 Å². The predicted molar refractivity (Wildman–Crippen MR) is 109 cm³/mol. The SMILES string of the molecule is CC1(F)CN(c2cccc(F)c2CNc2cc(F)c(S(=O)(=O)Nc3ccon3)c(F)c2)C1. The summed E-state index contributed by atoms with van der Waals surface area (Å²) in [5.41, 5.74) is -0.823. The maximum Gasteiger partial charge on any atom is 0.269 e. The van der Waals surface area contributed by atoms with Crippen LogP contribution in [0, 0.1) is 17.5 Å². The molecule has 0 atom stereocenters. The number of aromatic nitrogens is 1. The second-order valence-electron chi connectivity index (χ2n) is 7.62. The number of anilines is 3. The molecule has 0 aliphatic carbocycles. The van der Waals surface area contributed by atoms with E-state index in [1.165, 1.54) is 25.1 Å². The Morgan fingerprint density at radius 1 is 1.12 bits per heavy atom. The van der Waals surface area contributed by atoms with Gasteiger partial charge in [0, 0.05) is 29.5 Å². The Bertz CT molecular complexity index is 1220. The summed E-state index contributed by atoms with van der Waals surface area (Å²) < 4.78 is 88.3. The van der Waals surface area contributed by atoms with Crippen LogP contribution >= 0.6 is 0 Å². The fourth-order valence-electron chi connectivity index (χ4n) is 3.50. The highest BCUT2D eigenvalue weighted by molar-refractivity contribution is 7.92. The molecule has 2 aromatic carbocycles. The Morgan fingerprint density at radius 2 is 1.81 bits per heavy atom. The molecular weight excluding hydrogens is 452 g/mol. The molecule has 0 saturated carbocycles. The Labute approximate surface area is 181 Å². The van der Waals surface area contributed by atoms with Crippen LogP contribution in [0.2, 0.25) is 0 Å². The minimum Gasteiger partial charge on any atom is -0.381 e. The normalized spacial score (nSPS) is 15.3. The summed E-state index contributed by atoms with van der Waals surface area (Å²) in [6.45, 7) is 1.47. The zero-order valence-corrected chi connectivity index (χ0v) is 17.5. The lowest BCUT2D eigenvalue weighted by atomic mass is 9.96. The van der Waals surface area contributed by atoms with Gasteiger partial charge in [0.1, 0.15) is 29.4 Å². The Balaban J connectivity index is 1.55. The molecule has 1 aliphatic heterocycles. The van der Waals surface area contributed by atoms with Crippen molar-refractivity contribution < 1.29 is 30.5 Å². The summed E-state index contributed by atoms with van der Waals surface area (Å²) in [6.07, 6.45) is 1.09. The maximum atomic E-state index is 14.5. The smallest absolute Gasteiger partial charge is 0.269 e. The lowest BCUT2D eigenvalue weighted by Gasteiger charge is -2.44. The van der Waals surface area contributed by atoms with E-state index in [1.54, 1.807) is 11.0 Å². The minimum atomic E-state index is -4.61. The van der Waals surface area contributed by atoms with Gasteiger partial charge in [-0.3, -0.25) is 4.72 Å². The molecule has 1 aromatic heterocycles. The van der Waals surface area contributed by atoms with Gasteiger partial charge in [0.05, 0.1) is 13.1 Å². The molecule has 1 fully saturated rings. The highest BCUT2D eigenvalue weighted by atomic mass is 32.2. The lowest BCUT2D eigenvalue weighted by Crippen LogP contribution is -2.57. The van der Waals surface area contributed by atoms with Crippen molar-refractivity contribution in [3.8, 4) is 0 Å². The molecule has 170 valence electrons. The van der Waals surface area contributed by atoms with Crippen molar-refractivity contribution in [2.75, 3.05) is 28.0 Å². The number of alkyl halides is 1. The van der Waals surface area contributed by atoms with Crippen molar-refractivity contribution in [2.45, 2.75) is 24.0 Å². The molecule has 2 N–H and O–H groups in total. The molecule has 0 spiro atoms. The second kappa shape index (κ2) is 8.01. The van der Waals surface area contributed by atoms with Gasteiger partial charge in [-0.05, 0) is 31.2 Å². The summed E-state index contributed by atoms with van der Waals surface area (Å²) in [7, 11) is -4.61. The van der Waals surface area contributed by atoms with Crippen LogP contribution in [0.3, 0.4) is 0 Å². The standard InChI is InChI=1S/C20H18F4N4O3S/c1-20(24)10-28(11-20)17-4-2-3-14(21)13(17)9-25-12-7-15(22)19(16(23)8-12)32(29,30)27-18-5-6-31-26-18/h2-8,25H,9-11H2,1H3,(H,26,27). The van der Waals surface area contributed by atoms with Crippen molar-refractivity contribution in [1.29, 1.82) is 0 Å². The molecule has 7 nitrogen and oxygen atoms in total. The van der Waals surface area contributed by atoms with E-state index in [0.717, 1.165) is 18.4 Å². The minimum absolute atomic E-state index is 0.0950. The van der Waals surface area contributed by atoms with Gasteiger partial charge in [0.25, 0.3) is 10.0 Å². The second-order valence-corrected chi connectivity index (χ2v) is 9.24. The van der Waals surface area contributed by atoms with E-state index in [1.807, 2.05) is 4.72 Å². The number of hydrogen-bond donors (Lipinski definition) is 2. The third-order valence-electron chi connectivity index (χ3n) is 4.89. The van der Waals surface area contributed by atoms with E-state index < -0.39 is 38.0 Å². The first-order valence-corrected chi connectivity index (χ1v) is 10.9. The van der Waals surface area contributed by atoms with Crippen molar-refractivity contribution in [1.82, 2.24) is 5.16 Å². The molecule has 2 heterocycles. The molecule has 4 rings (SSSR count). The van der Waals surface area contributed by atoms with Crippen LogP contribution in [0.5, 0.6) is 0 Å². The summed E-state index contributed by atoms with van der Waals surface area (Å²) in [6, 6.07) is 7.07. The van der Waals surface area contributed by atoms with Gasteiger partial charge in [-0.15, -0.1) is 0 Å². The quantitative estimate of drug-likeness (QED) is 0.507. The van der Waals surface area contributed by atoms with Gasteiger partial charge < -0.3 is 14.7 Å². The average Bonchev–Trinajstić information content (AvgIpc) is 3.16. The number of nitrogens with one attached hydrogen (secondary N) is 2. The van der Waals surface area contributed by atoms with Crippen LogP contribution in [0.15, 0.2) is 52.1 Å². The summed E-state index contributed by atoms with van der Waals surface area (Å²) >= 11 is 0. The topological polar surface area (TPSA) is 87.5 Å². The van der Waals surface area contributed by atoms with Crippen LogP contribution in [0.1, 0.15) is 12.5 Å². The van der Waals surface area contributed by atoms with Gasteiger partial charge >= 0.3 is 0 Å². The molecule has 3 aromatic rings. The van der Waals surface area contributed by atoms with Crippen molar-refractivity contribution in [2.24, 2.45) is 0 Å². The van der Waals surface area contributed by atoms with Gasteiger partial charge in [-0.2, -0.15) is 0 Å². The zero-order valence-electron chi connectivity index (χ0n) is 16.7. The zero-order chi connectivity index (χ0) is 23.1. The molecule has 0 radical (unpaired) electrons. The van der Waals surface area contributed by atoms with E-state index in [9.17, 15) is 26.0 Å². The third kappa shape index (κ3) is 4.35. The van der Waals surface area contributed by atoms with Gasteiger partial charge in [0.2, 0.25) is 0 Å². The van der Waals surface area contributed by atoms with Crippen molar-refractivity contribution >= 4 is 27.2 Å². The van der Waals surface area contributed by atoms with E-state index in [2.05, 4.69) is 15.0 Å². The first-order valence-electron chi connectivity index (χ1n) is 9.43. The number of hydrogen-bond acceptors (Lipinski definition) is 6. The highest BCUT2D eigenvalue weighted by Gasteiger charge is 2.39. The molecule has 1 saturated heterocycles. The molecule has 1 aliphatic rings. The number of rotatable bonds is 7. The van der Waals surface area contributed by atoms with E-state index in [4.69, 9.17) is 0 Å². The monoisotopic (exact) mass is 470 g/mol. The average molecular weight is 470 g/mol. The van der Waals surface area contributed by atoms with Crippen LogP contribution in [0.25, 0.3) is 0 Å². The molecule has 0 unspecified atom stereocenters. The fraction of sp³-hybridized carbons (Fsp3) is 0.250. The van der Waals surface area contributed by atoms with Gasteiger partial charge in [0.15, 0.2) is 10.7 Å². The number of nitrogens with zero attached hydrogens (tertiary/aromatic N) is 2. The predicted octanol–water partition coefficient (Wildman–Crippen LogP) is 4.05. The molecular formula is C20H18F4N4O3S. The van der Waals surface area contributed by atoms with Crippen LogP contribution in [-0.2, 0) is 16.6 Å². The van der Waals surface area contributed by atoms with E-state index in [0.29, 0.717) is 5.69 Å². The van der Waals surface area contributed by atoms with Crippen molar-refractivity contribution in [3.05, 3.63) is 65.7 Å². The lowest BCUT2D eigenvalue weighted by molar-refractivity contribution is 0.144. The Morgan fingerprint density at radius 3 is 2.41 bits per heavy atom. The molecule has 32 heavy (non-hydrogen) atoms. The molecule has 0 amide bonds. The van der Waals surface area contributed by atoms with Gasteiger partial charge in [-0.1, -0.05) is 11.2 Å². The maximum absolute atomic E-state index is 14.5. The highest BCUT2D eigenvalue weighted by Crippen LogP contribution is 2.34. The first-order chi connectivity index (χ1) is 15.1. The van der Waals surface area contributed by atoms with Gasteiger partial charge in [-0.25, -0.2) is 26.0 Å². The molecule has 0 bridgehead atoms. The van der Waals surface area contributed by atoms with E-state index >= 15 is 0 Å².